The average Bonchev–Trinajstić information content (AvgIpc) is 3.06. The van der Waals surface area contributed by atoms with Crippen LogP contribution in [0, 0.1) is 0 Å². The fraction of sp³-hybridized carbons (Fsp3) is 0.917. The second-order valence-corrected chi connectivity index (χ2v) is 5.28. The Balaban J connectivity index is 1.75. The molecule has 15 heavy (non-hydrogen) atoms. The van der Waals surface area contributed by atoms with Gasteiger partial charge in [0.25, 0.3) is 0 Å². The maximum absolute atomic E-state index is 10.4. The first kappa shape index (κ1) is 10.9. The van der Waals surface area contributed by atoms with Crippen LogP contribution in [0.3, 0.4) is 0 Å². The molecule has 2 fully saturated rings. The standard InChI is InChI=1S/C12H21NO2/c1-9-10(2)13(9,11-6-7-11)8-4-3-5-12(14)15/h9-11H,3-8H2,1-2H3/p+1. The van der Waals surface area contributed by atoms with Gasteiger partial charge in [-0.1, -0.05) is 0 Å². The summed E-state index contributed by atoms with van der Waals surface area (Å²) in [4.78, 5) is 10.4. The van der Waals surface area contributed by atoms with E-state index in [2.05, 4.69) is 13.8 Å². The predicted octanol–water partition coefficient (Wildman–Crippen LogP) is 2.01. The van der Waals surface area contributed by atoms with E-state index in [1.165, 1.54) is 23.9 Å². The van der Waals surface area contributed by atoms with Gasteiger partial charge < -0.3 is 9.59 Å². The van der Waals surface area contributed by atoms with Crippen LogP contribution in [0.25, 0.3) is 0 Å². The van der Waals surface area contributed by atoms with Crippen LogP contribution in [0.5, 0.6) is 0 Å². The van der Waals surface area contributed by atoms with Gasteiger partial charge in [0, 0.05) is 19.3 Å². The highest BCUT2D eigenvalue weighted by molar-refractivity contribution is 5.66. The van der Waals surface area contributed by atoms with Crippen LogP contribution in [0.2, 0.25) is 0 Å². The van der Waals surface area contributed by atoms with Crippen molar-refractivity contribution < 1.29 is 14.4 Å². The molecule has 3 nitrogen and oxygen atoms in total. The lowest BCUT2D eigenvalue weighted by Gasteiger charge is -2.20. The summed E-state index contributed by atoms with van der Waals surface area (Å²) < 4.78 is 1.31. The van der Waals surface area contributed by atoms with Crippen LogP contribution in [0.15, 0.2) is 0 Å². The molecule has 2 rings (SSSR count). The molecule has 2 atom stereocenters. The number of carboxylic acid groups (broad SMARTS) is 1. The molecule has 1 heterocycles. The predicted molar refractivity (Wildman–Crippen MR) is 58.6 cm³/mol. The quantitative estimate of drug-likeness (QED) is 0.415. The van der Waals surface area contributed by atoms with Crippen molar-refractivity contribution in [1.29, 1.82) is 0 Å². The van der Waals surface area contributed by atoms with Gasteiger partial charge in [-0.25, -0.2) is 0 Å². The van der Waals surface area contributed by atoms with Crippen LogP contribution < -0.4 is 0 Å². The van der Waals surface area contributed by atoms with Gasteiger partial charge in [0.2, 0.25) is 0 Å². The number of aliphatic carboxylic acids is 1. The molecule has 1 saturated heterocycles. The topological polar surface area (TPSA) is 37.3 Å². The lowest BCUT2D eigenvalue weighted by atomic mass is 10.2. The molecule has 1 N–H and O–H groups in total. The van der Waals surface area contributed by atoms with Crippen molar-refractivity contribution in [3.8, 4) is 0 Å². The third kappa shape index (κ3) is 1.89. The van der Waals surface area contributed by atoms with Crippen molar-refractivity contribution in [3.63, 3.8) is 0 Å². The zero-order valence-electron chi connectivity index (χ0n) is 9.78. The van der Waals surface area contributed by atoms with Crippen molar-refractivity contribution in [2.75, 3.05) is 6.54 Å². The second kappa shape index (κ2) is 3.78. The molecule has 1 aliphatic carbocycles. The van der Waals surface area contributed by atoms with E-state index in [0.29, 0.717) is 6.42 Å². The molecule has 1 aliphatic heterocycles. The maximum atomic E-state index is 10.4. The fourth-order valence-corrected chi connectivity index (χ4v) is 3.26. The van der Waals surface area contributed by atoms with Crippen molar-refractivity contribution in [2.24, 2.45) is 0 Å². The molecule has 0 aromatic heterocycles. The van der Waals surface area contributed by atoms with E-state index < -0.39 is 5.97 Å². The summed E-state index contributed by atoms with van der Waals surface area (Å²) in [7, 11) is 0. The van der Waals surface area contributed by atoms with E-state index in [1.54, 1.807) is 0 Å². The maximum Gasteiger partial charge on any atom is 0.303 e. The number of hydrogen-bond donors (Lipinski definition) is 1. The lowest BCUT2D eigenvalue weighted by molar-refractivity contribution is -0.836. The highest BCUT2D eigenvalue weighted by Gasteiger charge is 2.66. The normalized spacial score (nSPS) is 39.1. The molecule has 2 unspecified atom stereocenters. The number of carboxylic acids is 1. The molecule has 0 spiro atoms. The Hall–Kier alpha value is -0.570. The average molecular weight is 212 g/mol. The minimum Gasteiger partial charge on any atom is -0.481 e. The van der Waals surface area contributed by atoms with Crippen molar-refractivity contribution >= 4 is 5.97 Å². The van der Waals surface area contributed by atoms with E-state index in [-0.39, 0.29) is 0 Å². The molecule has 0 aromatic rings. The first-order valence-corrected chi connectivity index (χ1v) is 6.18. The second-order valence-electron chi connectivity index (χ2n) is 5.28. The Morgan fingerprint density at radius 1 is 1.27 bits per heavy atom. The first-order chi connectivity index (χ1) is 7.09. The number of quaternary nitrogens is 1. The Labute approximate surface area is 91.7 Å². The van der Waals surface area contributed by atoms with Crippen molar-refractivity contribution in [3.05, 3.63) is 0 Å². The lowest BCUT2D eigenvalue weighted by Crippen LogP contribution is -2.33. The van der Waals surface area contributed by atoms with Gasteiger partial charge in [-0.05, 0) is 26.7 Å². The third-order valence-electron chi connectivity index (χ3n) is 4.54. The number of rotatable bonds is 6. The fourth-order valence-electron chi connectivity index (χ4n) is 3.26. The zero-order chi connectivity index (χ0) is 11.1. The summed E-state index contributed by atoms with van der Waals surface area (Å²) in [5, 5.41) is 8.58. The Morgan fingerprint density at radius 2 is 1.87 bits per heavy atom. The van der Waals surface area contributed by atoms with Crippen LogP contribution in [0.1, 0.15) is 46.0 Å². The SMILES string of the molecule is CC1C(C)[N+]1(CCCCC(=O)O)C1CC1. The molecule has 0 aromatic carbocycles. The molecule has 0 radical (unpaired) electrons. The summed E-state index contributed by atoms with van der Waals surface area (Å²) >= 11 is 0. The molecule has 86 valence electrons. The van der Waals surface area contributed by atoms with Gasteiger partial charge in [-0.2, -0.15) is 0 Å². The number of nitrogens with zero attached hydrogens (tertiary/aromatic N) is 1. The van der Waals surface area contributed by atoms with Crippen molar-refractivity contribution in [2.45, 2.75) is 64.1 Å². The summed E-state index contributed by atoms with van der Waals surface area (Å²) in [5.41, 5.74) is 0. The van der Waals surface area contributed by atoms with Gasteiger partial charge in [0.1, 0.15) is 12.1 Å². The van der Waals surface area contributed by atoms with Gasteiger partial charge in [-0.15, -0.1) is 0 Å². The minimum absolute atomic E-state index is 0.341. The molecule has 1 saturated carbocycles. The third-order valence-corrected chi connectivity index (χ3v) is 4.54. The van der Waals surface area contributed by atoms with Crippen LogP contribution in [-0.4, -0.2) is 40.2 Å². The van der Waals surface area contributed by atoms with Gasteiger partial charge in [-0.3, -0.25) is 4.79 Å². The van der Waals surface area contributed by atoms with Gasteiger partial charge in [0.15, 0.2) is 0 Å². The van der Waals surface area contributed by atoms with E-state index in [4.69, 9.17) is 5.11 Å². The summed E-state index contributed by atoms with van der Waals surface area (Å²) in [6, 6.07) is 2.56. The van der Waals surface area contributed by atoms with Crippen LogP contribution in [0.4, 0.5) is 0 Å². The summed E-state index contributed by atoms with van der Waals surface area (Å²) in [5.74, 6) is -0.653. The Kier molecular flexibility index (Phi) is 2.75. The summed E-state index contributed by atoms with van der Waals surface area (Å²) in [6.45, 7) is 5.90. The highest BCUT2D eigenvalue weighted by atomic mass is 16.4. The molecule has 3 heteroatoms. The van der Waals surface area contributed by atoms with Crippen molar-refractivity contribution in [1.82, 2.24) is 0 Å². The monoisotopic (exact) mass is 212 g/mol. The summed E-state index contributed by atoms with van der Waals surface area (Å²) in [6.07, 6.45) is 5.06. The number of unbranched alkanes of at least 4 members (excludes halogenated alkanes) is 1. The first-order valence-electron chi connectivity index (χ1n) is 6.18. The molecule has 2 aliphatic rings. The van der Waals surface area contributed by atoms with Crippen LogP contribution in [-0.2, 0) is 4.79 Å². The van der Waals surface area contributed by atoms with E-state index in [0.717, 1.165) is 31.0 Å². The number of hydrogen-bond acceptors (Lipinski definition) is 1. The molecule has 0 amide bonds. The molecular formula is C12H22NO2+. The molecule has 0 bridgehead atoms. The largest absolute Gasteiger partial charge is 0.481 e. The Morgan fingerprint density at radius 3 is 2.27 bits per heavy atom. The highest BCUT2D eigenvalue weighted by Crippen LogP contribution is 2.51. The smallest absolute Gasteiger partial charge is 0.303 e. The van der Waals surface area contributed by atoms with E-state index >= 15 is 0 Å². The van der Waals surface area contributed by atoms with Gasteiger partial charge >= 0.3 is 5.97 Å². The zero-order valence-corrected chi connectivity index (χ0v) is 9.78. The van der Waals surface area contributed by atoms with Gasteiger partial charge in [0.05, 0.1) is 12.6 Å². The molecular weight excluding hydrogens is 190 g/mol. The minimum atomic E-state index is -0.653. The Bertz CT molecular complexity index is 247. The van der Waals surface area contributed by atoms with Crippen LogP contribution >= 0.6 is 0 Å². The van der Waals surface area contributed by atoms with E-state index in [9.17, 15) is 4.79 Å². The van der Waals surface area contributed by atoms with E-state index in [1.807, 2.05) is 0 Å². The number of carbonyl (C=O) groups is 1.